The monoisotopic (exact) mass is 347 g/mol. The lowest BCUT2D eigenvalue weighted by Gasteiger charge is -2.26. The molecule has 4 N–H and O–H groups in total. The highest BCUT2D eigenvalue weighted by atomic mass is 16.3. The van der Waals surface area contributed by atoms with Crippen molar-refractivity contribution in [2.75, 3.05) is 13.1 Å². The van der Waals surface area contributed by atoms with E-state index in [9.17, 15) is 14.7 Å². The van der Waals surface area contributed by atoms with Crippen LogP contribution in [0.3, 0.4) is 0 Å². The standard InChI is InChI=1S/C19H29N3O3/c1-15-6-8-16(9-7-15)12-20-18(24)21-13-17(23)22-14-19(25)10-4-2-3-5-11-19/h6-9,25H,2-5,10-14H2,1H3,(H,22,23)(H2,20,21,24). The summed E-state index contributed by atoms with van der Waals surface area (Å²) in [5, 5.41) is 18.5. The van der Waals surface area contributed by atoms with Gasteiger partial charge in [-0.15, -0.1) is 0 Å². The van der Waals surface area contributed by atoms with Gasteiger partial charge in [-0.05, 0) is 25.3 Å². The lowest BCUT2D eigenvalue weighted by Crippen LogP contribution is -2.47. The lowest BCUT2D eigenvalue weighted by molar-refractivity contribution is -0.121. The van der Waals surface area contributed by atoms with E-state index in [0.29, 0.717) is 6.54 Å². The minimum absolute atomic E-state index is 0.101. The molecule has 0 atom stereocenters. The van der Waals surface area contributed by atoms with Gasteiger partial charge < -0.3 is 21.1 Å². The fourth-order valence-electron chi connectivity index (χ4n) is 3.00. The number of nitrogens with one attached hydrogen (secondary N) is 3. The number of hydrogen-bond acceptors (Lipinski definition) is 3. The number of aliphatic hydroxyl groups is 1. The van der Waals surface area contributed by atoms with E-state index < -0.39 is 5.60 Å². The van der Waals surface area contributed by atoms with Crippen LogP contribution in [0.1, 0.15) is 49.7 Å². The summed E-state index contributed by atoms with van der Waals surface area (Å²) in [6.07, 6.45) is 5.70. The van der Waals surface area contributed by atoms with E-state index >= 15 is 0 Å². The zero-order chi connectivity index (χ0) is 18.1. The van der Waals surface area contributed by atoms with E-state index in [1.807, 2.05) is 31.2 Å². The number of carbonyl (C=O) groups is 2. The quantitative estimate of drug-likeness (QED) is 0.593. The highest BCUT2D eigenvalue weighted by molar-refractivity contribution is 5.83. The molecule has 6 nitrogen and oxygen atoms in total. The predicted molar refractivity (Wildman–Crippen MR) is 97.1 cm³/mol. The van der Waals surface area contributed by atoms with E-state index in [1.165, 1.54) is 5.56 Å². The average molecular weight is 347 g/mol. The average Bonchev–Trinajstić information content (AvgIpc) is 2.83. The van der Waals surface area contributed by atoms with Gasteiger partial charge in [0.25, 0.3) is 0 Å². The molecule has 1 aliphatic carbocycles. The topological polar surface area (TPSA) is 90.5 Å². The molecule has 6 heteroatoms. The Bertz CT molecular complexity index is 564. The number of urea groups is 1. The molecule has 0 bridgehead atoms. The molecule has 1 aliphatic rings. The maximum absolute atomic E-state index is 11.9. The first-order chi connectivity index (χ1) is 12.0. The van der Waals surface area contributed by atoms with Crippen LogP contribution in [0.15, 0.2) is 24.3 Å². The van der Waals surface area contributed by atoms with Crippen molar-refractivity contribution < 1.29 is 14.7 Å². The molecule has 1 aromatic carbocycles. The van der Waals surface area contributed by atoms with Crippen LogP contribution in [0.2, 0.25) is 0 Å². The fourth-order valence-corrected chi connectivity index (χ4v) is 3.00. The summed E-state index contributed by atoms with van der Waals surface area (Å²) in [6, 6.07) is 7.50. The molecular formula is C19H29N3O3. The predicted octanol–water partition coefficient (Wildman–Crippen LogP) is 2.00. The zero-order valence-corrected chi connectivity index (χ0v) is 14.9. The number of amides is 3. The van der Waals surface area contributed by atoms with Gasteiger partial charge in [-0.2, -0.15) is 0 Å². The van der Waals surface area contributed by atoms with Gasteiger partial charge in [0.2, 0.25) is 5.91 Å². The third-order valence-electron chi connectivity index (χ3n) is 4.63. The van der Waals surface area contributed by atoms with Crippen LogP contribution in [-0.4, -0.2) is 35.7 Å². The Balaban J connectivity index is 1.63. The molecule has 0 radical (unpaired) electrons. The third-order valence-corrected chi connectivity index (χ3v) is 4.63. The van der Waals surface area contributed by atoms with Crippen molar-refractivity contribution in [1.29, 1.82) is 0 Å². The Morgan fingerprint density at radius 1 is 1.00 bits per heavy atom. The second-order valence-electron chi connectivity index (χ2n) is 6.94. The smallest absolute Gasteiger partial charge is 0.315 e. The summed E-state index contributed by atoms with van der Waals surface area (Å²) in [5.41, 5.74) is 1.36. The molecule has 138 valence electrons. The molecule has 25 heavy (non-hydrogen) atoms. The first kappa shape index (κ1) is 19.2. The van der Waals surface area contributed by atoms with Crippen molar-refractivity contribution in [3.63, 3.8) is 0 Å². The Morgan fingerprint density at radius 3 is 2.28 bits per heavy atom. The van der Waals surface area contributed by atoms with Crippen molar-refractivity contribution >= 4 is 11.9 Å². The highest BCUT2D eigenvalue weighted by Crippen LogP contribution is 2.26. The van der Waals surface area contributed by atoms with Gasteiger partial charge in [0.1, 0.15) is 0 Å². The summed E-state index contributed by atoms with van der Waals surface area (Å²) in [7, 11) is 0. The zero-order valence-electron chi connectivity index (χ0n) is 14.9. The molecule has 0 spiro atoms. The summed E-state index contributed by atoms with van der Waals surface area (Å²) >= 11 is 0. The van der Waals surface area contributed by atoms with E-state index in [1.54, 1.807) is 0 Å². The first-order valence-corrected chi connectivity index (χ1v) is 9.03. The molecule has 3 amide bonds. The Morgan fingerprint density at radius 2 is 1.64 bits per heavy atom. The van der Waals surface area contributed by atoms with Crippen LogP contribution >= 0.6 is 0 Å². The Labute approximate surface area is 149 Å². The van der Waals surface area contributed by atoms with E-state index in [0.717, 1.165) is 44.1 Å². The largest absolute Gasteiger partial charge is 0.388 e. The number of carbonyl (C=O) groups excluding carboxylic acids is 2. The van der Waals surface area contributed by atoms with Gasteiger partial charge in [-0.3, -0.25) is 4.79 Å². The number of aryl methyl sites for hydroxylation is 1. The van der Waals surface area contributed by atoms with Gasteiger partial charge in [0.15, 0.2) is 0 Å². The van der Waals surface area contributed by atoms with Gasteiger partial charge in [0.05, 0.1) is 12.1 Å². The van der Waals surface area contributed by atoms with Crippen molar-refractivity contribution in [1.82, 2.24) is 16.0 Å². The van der Waals surface area contributed by atoms with E-state index in [-0.39, 0.29) is 25.0 Å². The van der Waals surface area contributed by atoms with Gasteiger partial charge in [-0.25, -0.2) is 4.79 Å². The minimum atomic E-state index is -0.806. The number of benzene rings is 1. The molecule has 0 unspecified atom stereocenters. The minimum Gasteiger partial charge on any atom is -0.388 e. The van der Waals surface area contributed by atoms with Crippen LogP contribution in [-0.2, 0) is 11.3 Å². The lowest BCUT2D eigenvalue weighted by atomic mass is 9.94. The number of rotatable bonds is 6. The number of hydrogen-bond donors (Lipinski definition) is 4. The summed E-state index contributed by atoms with van der Waals surface area (Å²) < 4.78 is 0. The van der Waals surface area contributed by atoms with Gasteiger partial charge in [-0.1, -0.05) is 55.5 Å². The maximum atomic E-state index is 11.9. The van der Waals surface area contributed by atoms with Crippen molar-refractivity contribution in [3.05, 3.63) is 35.4 Å². The maximum Gasteiger partial charge on any atom is 0.315 e. The van der Waals surface area contributed by atoms with Crippen LogP contribution in [0, 0.1) is 6.92 Å². The van der Waals surface area contributed by atoms with Crippen LogP contribution in [0.4, 0.5) is 4.79 Å². The van der Waals surface area contributed by atoms with Crippen molar-refractivity contribution in [2.24, 2.45) is 0 Å². The summed E-state index contributed by atoms with van der Waals surface area (Å²) in [5.74, 6) is -0.289. The third kappa shape index (κ3) is 7.13. The molecule has 0 saturated heterocycles. The van der Waals surface area contributed by atoms with Crippen LogP contribution < -0.4 is 16.0 Å². The molecule has 1 saturated carbocycles. The fraction of sp³-hybridized carbons (Fsp3) is 0.579. The van der Waals surface area contributed by atoms with Crippen LogP contribution in [0.5, 0.6) is 0 Å². The Kier molecular flexibility index (Phi) is 7.25. The first-order valence-electron chi connectivity index (χ1n) is 9.03. The van der Waals surface area contributed by atoms with Crippen molar-refractivity contribution in [3.8, 4) is 0 Å². The molecule has 0 heterocycles. The molecule has 2 rings (SSSR count). The molecule has 0 aliphatic heterocycles. The summed E-state index contributed by atoms with van der Waals surface area (Å²) in [4.78, 5) is 23.6. The van der Waals surface area contributed by atoms with Gasteiger partial charge in [0, 0.05) is 13.1 Å². The van der Waals surface area contributed by atoms with E-state index in [2.05, 4.69) is 16.0 Å². The molecule has 1 aromatic rings. The normalized spacial score (nSPS) is 16.6. The highest BCUT2D eigenvalue weighted by Gasteiger charge is 2.28. The Hall–Kier alpha value is -2.08. The van der Waals surface area contributed by atoms with Gasteiger partial charge >= 0.3 is 6.03 Å². The molecular weight excluding hydrogens is 318 g/mol. The van der Waals surface area contributed by atoms with E-state index in [4.69, 9.17) is 0 Å². The second kappa shape index (κ2) is 9.42. The second-order valence-corrected chi connectivity index (χ2v) is 6.94. The SMILES string of the molecule is Cc1ccc(CNC(=O)NCC(=O)NCC2(O)CCCCCC2)cc1. The summed E-state index contributed by atoms with van der Waals surface area (Å²) in [6.45, 7) is 2.57. The van der Waals surface area contributed by atoms with Crippen LogP contribution in [0.25, 0.3) is 0 Å². The van der Waals surface area contributed by atoms with Crippen molar-refractivity contribution in [2.45, 2.75) is 57.6 Å². The molecule has 1 fully saturated rings. The molecule has 0 aromatic heterocycles.